The van der Waals surface area contributed by atoms with E-state index < -0.39 is 6.09 Å². The maximum Gasteiger partial charge on any atom is 0.407 e. The number of esters is 1. The molecule has 0 aliphatic carbocycles. The molecule has 17 nitrogen and oxygen atoms in total. The number of alkyl carbamates (subject to hydrolysis) is 1. The highest BCUT2D eigenvalue weighted by Gasteiger charge is 2.04. The number of hydrogen-bond donors (Lipinski definition) is 1. The van der Waals surface area contributed by atoms with Crippen molar-refractivity contribution in [1.82, 2.24) is 5.32 Å². The number of hydrogen-bond acceptors (Lipinski definition) is 16. The normalized spacial score (nSPS) is 11.4. The molecule has 0 radical (unpaired) electrons. The zero-order valence-electron chi connectivity index (χ0n) is 42.8. The fourth-order valence-corrected chi connectivity index (χ4v) is 6.45. The van der Waals surface area contributed by atoms with Crippen molar-refractivity contribution in [3.05, 3.63) is 35.9 Å². The van der Waals surface area contributed by atoms with Crippen LogP contribution in [0.3, 0.4) is 0 Å². The van der Waals surface area contributed by atoms with E-state index in [1.165, 1.54) is 83.5 Å². The average molecular weight is 990 g/mol. The molecule has 404 valence electrons. The van der Waals surface area contributed by atoms with Gasteiger partial charge in [-0.1, -0.05) is 127 Å². The summed E-state index contributed by atoms with van der Waals surface area (Å²) in [5.41, 5.74) is 0.935. The molecule has 0 spiro atoms. The van der Waals surface area contributed by atoms with E-state index in [4.69, 9.17) is 66.3 Å². The molecule has 0 saturated carbocycles. The first-order chi connectivity index (χ1) is 34.2. The molecule has 1 rings (SSSR count). The number of nitrogens with one attached hydrogen (secondary N) is 1. The van der Waals surface area contributed by atoms with Crippen molar-refractivity contribution in [3.63, 3.8) is 0 Å². The molecule has 0 atom stereocenters. The van der Waals surface area contributed by atoms with Crippen LogP contribution in [0.15, 0.2) is 30.3 Å². The van der Waals surface area contributed by atoms with E-state index in [0.717, 1.165) is 18.4 Å². The predicted molar refractivity (Wildman–Crippen MR) is 265 cm³/mol. The van der Waals surface area contributed by atoms with Crippen molar-refractivity contribution < 1.29 is 75.9 Å². The molecular weight excluding hydrogens is 895 g/mol. The van der Waals surface area contributed by atoms with Gasteiger partial charge in [0.05, 0.1) is 159 Å². The maximum absolute atomic E-state index is 11.9. The molecule has 0 fully saturated rings. The first-order valence-electron chi connectivity index (χ1n) is 26.3. The minimum Gasteiger partial charge on any atom is -0.463 e. The molecule has 1 amide bonds. The Kier molecular flexibility index (Phi) is 52.7. The highest BCUT2D eigenvalue weighted by Crippen LogP contribution is 2.14. The van der Waals surface area contributed by atoms with Crippen LogP contribution in [0.5, 0.6) is 0 Å². The van der Waals surface area contributed by atoms with E-state index >= 15 is 0 Å². The smallest absolute Gasteiger partial charge is 0.407 e. The van der Waals surface area contributed by atoms with Crippen molar-refractivity contribution >= 4 is 12.1 Å². The van der Waals surface area contributed by atoms with Gasteiger partial charge in [0.15, 0.2) is 0 Å². The Morgan fingerprint density at radius 2 is 0.638 bits per heavy atom. The van der Waals surface area contributed by atoms with Gasteiger partial charge < -0.3 is 71.6 Å². The number of amides is 1. The molecule has 0 aromatic heterocycles. The minimum atomic E-state index is -0.472. The van der Waals surface area contributed by atoms with E-state index in [0.29, 0.717) is 172 Å². The van der Waals surface area contributed by atoms with Gasteiger partial charge in [0.1, 0.15) is 13.2 Å². The third-order valence-corrected chi connectivity index (χ3v) is 10.3. The quantitative estimate of drug-likeness (QED) is 0.0492. The van der Waals surface area contributed by atoms with E-state index in [2.05, 4.69) is 12.2 Å². The van der Waals surface area contributed by atoms with Crippen molar-refractivity contribution in [2.75, 3.05) is 172 Å². The largest absolute Gasteiger partial charge is 0.463 e. The van der Waals surface area contributed by atoms with Gasteiger partial charge in [0, 0.05) is 13.0 Å². The second-order valence-corrected chi connectivity index (χ2v) is 16.3. The standard InChI is InChI=1S/C52H95NO16/c1-2-3-4-5-6-7-8-9-10-11-12-13-14-15-19-22-51(54)68-48-47-67-46-45-66-44-43-65-42-41-64-40-39-63-38-37-62-36-35-61-34-33-60-32-31-59-30-29-58-28-27-57-26-25-56-24-23-53-52(55)69-49-50-20-17-16-18-21-50/h16-18,20-21H,2-15,19,22-49H2,1H3,(H,53,55). The molecule has 17 heteroatoms. The molecule has 0 saturated heterocycles. The van der Waals surface area contributed by atoms with E-state index in [-0.39, 0.29) is 19.2 Å². The SMILES string of the molecule is CCCCCCCCCCCCCCCCCC(=O)OCCOCCOCCOCCOCCOCCOCCOCCOCCOCCOCCOCCOCCNC(=O)OCc1ccccc1. The van der Waals surface area contributed by atoms with Crippen LogP contribution >= 0.6 is 0 Å². The lowest BCUT2D eigenvalue weighted by Gasteiger charge is -2.09. The van der Waals surface area contributed by atoms with Gasteiger partial charge in [-0.3, -0.25) is 4.79 Å². The number of benzene rings is 1. The topological polar surface area (TPSA) is 175 Å². The number of carbonyl (C=O) groups is 2. The Labute approximate surface area is 416 Å². The molecule has 69 heavy (non-hydrogen) atoms. The Bertz CT molecular complexity index is 1170. The van der Waals surface area contributed by atoms with Gasteiger partial charge in [-0.25, -0.2) is 4.79 Å². The number of unbranched alkanes of at least 4 members (excludes halogenated alkanes) is 14. The Balaban J connectivity index is 1.63. The van der Waals surface area contributed by atoms with E-state index in [9.17, 15) is 9.59 Å². The van der Waals surface area contributed by atoms with Crippen molar-refractivity contribution in [2.24, 2.45) is 0 Å². The second-order valence-electron chi connectivity index (χ2n) is 16.3. The Hall–Kier alpha value is -2.52. The van der Waals surface area contributed by atoms with Gasteiger partial charge in [0.25, 0.3) is 0 Å². The summed E-state index contributed by atoms with van der Waals surface area (Å²) in [7, 11) is 0. The van der Waals surface area contributed by atoms with Crippen LogP contribution in [0.4, 0.5) is 4.79 Å². The second kappa shape index (κ2) is 56.4. The molecule has 1 aromatic rings. The van der Waals surface area contributed by atoms with Crippen LogP contribution < -0.4 is 5.32 Å². The lowest BCUT2D eigenvalue weighted by Crippen LogP contribution is -2.28. The molecule has 0 unspecified atom stereocenters. The maximum atomic E-state index is 11.9. The molecule has 0 bridgehead atoms. The highest BCUT2D eigenvalue weighted by atomic mass is 16.6. The predicted octanol–water partition coefficient (Wildman–Crippen LogP) is 7.92. The minimum absolute atomic E-state index is 0.135. The summed E-state index contributed by atoms with van der Waals surface area (Å²) in [6.45, 7) is 14.3. The van der Waals surface area contributed by atoms with E-state index in [1.54, 1.807) is 0 Å². The Morgan fingerprint density at radius 3 is 0.971 bits per heavy atom. The van der Waals surface area contributed by atoms with Crippen LogP contribution in [0.1, 0.15) is 115 Å². The first-order valence-corrected chi connectivity index (χ1v) is 26.3. The van der Waals surface area contributed by atoms with Gasteiger partial charge >= 0.3 is 12.1 Å². The first kappa shape index (κ1) is 64.5. The zero-order chi connectivity index (χ0) is 49.3. The summed E-state index contributed by atoms with van der Waals surface area (Å²) >= 11 is 0. The Morgan fingerprint density at radius 1 is 0.348 bits per heavy atom. The van der Waals surface area contributed by atoms with Crippen molar-refractivity contribution in [1.29, 1.82) is 0 Å². The third kappa shape index (κ3) is 53.1. The summed E-state index contributed by atoms with van der Waals surface area (Å²) in [6, 6.07) is 9.51. The van der Waals surface area contributed by atoms with Gasteiger partial charge in [0.2, 0.25) is 0 Å². The third-order valence-electron chi connectivity index (χ3n) is 10.3. The molecule has 0 aliphatic rings. The van der Waals surface area contributed by atoms with Crippen molar-refractivity contribution in [3.8, 4) is 0 Å². The molecular formula is C52H95NO16. The van der Waals surface area contributed by atoms with Crippen LogP contribution in [-0.2, 0) is 77.7 Å². The van der Waals surface area contributed by atoms with Crippen LogP contribution in [-0.4, -0.2) is 184 Å². The monoisotopic (exact) mass is 990 g/mol. The molecule has 0 aliphatic heterocycles. The van der Waals surface area contributed by atoms with Crippen LogP contribution in [0.25, 0.3) is 0 Å². The van der Waals surface area contributed by atoms with Gasteiger partial charge in [-0.2, -0.15) is 0 Å². The molecule has 1 N–H and O–H groups in total. The lowest BCUT2D eigenvalue weighted by molar-refractivity contribution is -0.145. The lowest BCUT2D eigenvalue weighted by atomic mass is 10.0. The summed E-state index contributed by atoms with van der Waals surface area (Å²) in [6.07, 6.45) is 19.7. The van der Waals surface area contributed by atoms with Gasteiger partial charge in [-0.05, 0) is 12.0 Å². The fourth-order valence-electron chi connectivity index (χ4n) is 6.45. The van der Waals surface area contributed by atoms with E-state index in [1.807, 2.05) is 30.3 Å². The summed E-state index contributed by atoms with van der Waals surface area (Å²) in [5.74, 6) is -0.135. The van der Waals surface area contributed by atoms with Crippen LogP contribution in [0.2, 0.25) is 0 Å². The number of ether oxygens (including phenoxy) is 14. The fraction of sp³-hybridized carbons (Fsp3) is 0.846. The summed E-state index contributed by atoms with van der Waals surface area (Å²) < 4.78 is 76.4. The number of rotatable bonds is 57. The number of carbonyl (C=O) groups excluding carboxylic acids is 2. The molecule has 0 heterocycles. The highest BCUT2D eigenvalue weighted by molar-refractivity contribution is 5.69. The summed E-state index contributed by atoms with van der Waals surface area (Å²) in [5, 5.41) is 2.65. The van der Waals surface area contributed by atoms with Crippen molar-refractivity contribution in [2.45, 2.75) is 116 Å². The zero-order valence-corrected chi connectivity index (χ0v) is 42.8. The van der Waals surface area contributed by atoms with Crippen LogP contribution in [0, 0.1) is 0 Å². The summed E-state index contributed by atoms with van der Waals surface area (Å²) in [4.78, 5) is 23.6. The average Bonchev–Trinajstić information content (AvgIpc) is 3.36. The molecule has 1 aromatic carbocycles. The van der Waals surface area contributed by atoms with Gasteiger partial charge in [-0.15, -0.1) is 0 Å².